The van der Waals surface area contributed by atoms with Crippen LogP contribution in [0.5, 0.6) is 0 Å². The summed E-state index contributed by atoms with van der Waals surface area (Å²) in [5.41, 5.74) is 0.168. The maximum atomic E-state index is 13.7. The van der Waals surface area contributed by atoms with Crippen molar-refractivity contribution in [2.75, 3.05) is 6.61 Å². The fraction of sp³-hybridized carbons (Fsp3) is 0.793. The number of unbranched alkanes of at least 4 members (excludes halogenated alkanes) is 3. The Kier molecular flexibility index (Phi) is 8.60. The molecule has 6 heteroatoms. The molecule has 0 bridgehead atoms. The van der Waals surface area contributed by atoms with Crippen LogP contribution in [-0.2, 0) is 18.8 Å². The van der Waals surface area contributed by atoms with E-state index in [1.807, 2.05) is 6.08 Å². The molecular formula is C29H48O5Si. The topological polar surface area (TPSA) is 72.8 Å². The number of aliphatic hydroxyl groups is 1. The molecule has 5 nitrogen and oxygen atoms in total. The van der Waals surface area contributed by atoms with Crippen LogP contribution in [0.25, 0.3) is 0 Å². The predicted molar refractivity (Wildman–Crippen MR) is 143 cm³/mol. The molecule has 3 atom stereocenters. The highest BCUT2D eigenvalue weighted by Crippen LogP contribution is 2.66. The SMILES string of the molecule is CCCC[Si](CCCC)(CCCC)O[C@@H]1C2=C(C)C3(CC3)[C@@](C)(O)C(=O)C2=C[C@@]1(C)COC(C)=O. The number of ketones is 1. The van der Waals surface area contributed by atoms with Crippen LogP contribution in [0.4, 0.5) is 0 Å². The van der Waals surface area contributed by atoms with Crippen LogP contribution < -0.4 is 0 Å². The zero-order valence-corrected chi connectivity index (χ0v) is 24.2. The summed E-state index contributed by atoms with van der Waals surface area (Å²) in [4.78, 5) is 25.5. The van der Waals surface area contributed by atoms with E-state index in [-0.39, 0.29) is 24.5 Å². The van der Waals surface area contributed by atoms with Gasteiger partial charge in [-0.15, -0.1) is 0 Å². The van der Waals surface area contributed by atoms with E-state index in [0.717, 1.165) is 80.6 Å². The minimum absolute atomic E-state index is 0.176. The van der Waals surface area contributed by atoms with Gasteiger partial charge in [0.25, 0.3) is 0 Å². The molecule has 1 N–H and O–H groups in total. The third-order valence-electron chi connectivity index (χ3n) is 9.03. The maximum absolute atomic E-state index is 13.7. The van der Waals surface area contributed by atoms with Gasteiger partial charge in [-0.2, -0.15) is 0 Å². The Bertz CT molecular complexity index is 860. The Morgan fingerprint density at radius 1 is 1.06 bits per heavy atom. The van der Waals surface area contributed by atoms with Gasteiger partial charge in [0.1, 0.15) is 12.2 Å². The predicted octanol–water partition coefficient (Wildman–Crippen LogP) is 6.66. The number of hydrogen-bond acceptors (Lipinski definition) is 5. The standard InChI is InChI=1S/C29H48O5Si/c1-8-11-16-35(17-12-9-2,18-13-10-3)34-26-24-21(4)29(14-15-29)28(7,32)25(31)23(24)19-27(26,6)20-33-22(5)30/h19,26,32H,8-18,20H2,1-7H3/t26-,27+,28+/m1/s1. The number of ether oxygens (including phenoxy) is 1. The first-order valence-corrected chi connectivity index (χ1v) is 16.5. The van der Waals surface area contributed by atoms with Crippen LogP contribution in [0.1, 0.15) is 99.8 Å². The van der Waals surface area contributed by atoms with Crippen LogP contribution in [-0.4, -0.2) is 43.5 Å². The second-order valence-corrected chi connectivity index (χ2v) is 16.0. The molecule has 0 aliphatic heterocycles. The van der Waals surface area contributed by atoms with Crippen molar-refractivity contribution in [2.45, 2.75) is 130 Å². The van der Waals surface area contributed by atoms with Gasteiger partial charge in [-0.1, -0.05) is 70.9 Å². The fourth-order valence-corrected chi connectivity index (χ4v) is 11.5. The minimum atomic E-state index is -2.14. The summed E-state index contributed by atoms with van der Waals surface area (Å²) < 4.78 is 13.0. The molecule has 0 heterocycles. The molecule has 0 radical (unpaired) electrons. The largest absolute Gasteiger partial charge is 0.465 e. The normalized spacial score (nSPS) is 29.4. The van der Waals surface area contributed by atoms with Gasteiger partial charge in [0.05, 0.1) is 6.10 Å². The number of carbonyl (C=O) groups excluding carboxylic acids is 2. The summed E-state index contributed by atoms with van der Waals surface area (Å²) in [6.07, 6.45) is 10.2. The van der Waals surface area contributed by atoms with Gasteiger partial charge in [0.2, 0.25) is 0 Å². The fourth-order valence-electron chi connectivity index (χ4n) is 6.50. The summed E-state index contributed by atoms with van der Waals surface area (Å²) in [5, 5.41) is 11.4. The summed E-state index contributed by atoms with van der Waals surface area (Å²) >= 11 is 0. The Labute approximate surface area is 213 Å². The van der Waals surface area contributed by atoms with E-state index < -0.39 is 24.7 Å². The first-order valence-electron chi connectivity index (χ1n) is 14.0. The number of carbonyl (C=O) groups is 2. The highest BCUT2D eigenvalue weighted by Gasteiger charge is 2.67. The molecule has 1 saturated carbocycles. The Balaban J connectivity index is 2.12. The molecule has 3 aliphatic carbocycles. The van der Waals surface area contributed by atoms with E-state index in [1.165, 1.54) is 6.92 Å². The van der Waals surface area contributed by atoms with Gasteiger partial charge in [-0.25, -0.2) is 0 Å². The van der Waals surface area contributed by atoms with Crippen LogP contribution in [0.2, 0.25) is 18.1 Å². The average molecular weight is 505 g/mol. The van der Waals surface area contributed by atoms with Crippen molar-refractivity contribution in [3.8, 4) is 0 Å². The maximum Gasteiger partial charge on any atom is 0.302 e. The number of hydrogen-bond donors (Lipinski definition) is 1. The highest BCUT2D eigenvalue weighted by molar-refractivity contribution is 6.73. The second-order valence-electron chi connectivity index (χ2n) is 11.9. The van der Waals surface area contributed by atoms with Crippen molar-refractivity contribution in [3.05, 3.63) is 22.8 Å². The van der Waals surface area contributed by atoms with Gasteiger partial charge in [-0.3, -0.25) is 9.59 Å². The lowest BCUT2D eigenvalue weighted by Gasteiger charge is -2.44. The Hall–Kier alpha value is -1.24. The van der Waals surface area contributed by atoms with Crippen molar-refractivity contribution in [1.29, 1.82) is 0 Å². The summed E-state index contributed by atoms with van der Waals surface area (Å²) in [7, 11) is -2.14. The van der Waals surface area contributed by atoms with Crippen molar-refractivity contribution in [2.24, 2.45) is 10.8 Å². The van der Waals surface area contributed by atoms with Gasteiger partial charge in [0.15, 0.2) is 14.1 Å². The van der Waals surface area contributed by atoms with Crippen molar-refractivity contribution in [1.82, 2.24) is 0 Å². The van der Waals surface area contributed by atoms with Gasteiger partial charge in [0, 0.05) is 23.3 Å². The van der Waals surface area contributed by atoms with E-state index in [4.69, 9.17) is 9.16 Å². The summed E-state index contributed by atoms with van der Waals surface area (Å²) in [6, 6.07) is 3.38. The van der Waals surface area contributed by atoms with Crippen LogP contribution in [0.3, 0.4) is 0 Å². The molecule has 3 rings (SSSR count). The molecule has 0 amide bonds. The number of rotatable bonds is 13. The smallest absolute Gasteiger partial charge is 0.302 e. The zero-order valence-electron chi connectivity index (χ0n) is 23.2. The molecule has 1 fully saturated rings. The molecule has 0 aromatic rings. The van der Waals surface area contributed by atoms with Gasteiger partial charge < -0.3 is 14.3 Å². The zero-order chi connectivity index (χ0) is 26.1. The Morgan fingerprint density at radius 2 is 1.57 bits per heavy atom. The molecule has 0 saturated heterocycles. The van der Waals surface area contributed by atoms with Crippen LogP contribution in [0, 0.1) is 10.8 Å². The van der Waals surface area contributed by atoms with E-state index >= 15 is 0 Å². The summed E-state index contributed by atoms with van der Waals surface area (Å²) in [6.45, 7) is 14.2. The van der Waals surface area contributed by atoms with E-state index in [2.05, 4.69) is 34.6 Å². The van der Waals surface area contributed by atoms with Crippen molar-refractivity contribution in [3.63, 3.8) is 0 Å². The van der Waals surface area contributed by atoms with E-state index in [0.29, 0.717) is 5.57 Å². The van der Waals surface area contributed by atoms with Crippen LogP contribution in [0.15, 0.2) is 22.8 Å². The number of Topliss-reactive ketones (excluding diaryl/α,β-unsaturated/α-hetero) is 1. The molecule has 1 spiro atoms. The van der Waals surface area contributed by atoms with Crippen LogP contribution >= 0.6 is 0 Å². The lowest BCUT2D eigenvalue weighted by atomic mass is 9.67. The average Bonchev–Trinajstić information content (AvgIpc) is 3.58. The van der Waals surface area contributed by atoms with Crippen molar-refractivity contribution >= 4 is 20.1 Å². The summed E-state index contributed by atoms with van der Waals surface area (Å²) in [5.74, 6) is -0.522. The molecule has 3 aliphatic rings. The third-order valence-corrected chi connectivity index (χ3v) is 13.6. The monoisotopic (exact) mass is 504 g/mol. The third kappa shape index (κ3) is 5.13. The van der Waals surface area contributed by atoms with Gasteiger partial charge in [-0.05, 0) is 57.3 Å². The van der Waals surface area contributed by atoms with Crippen molar-refractivity contribution < 1.29 is 23.9 Å². The molecule has 0 aromatic heterocycles. The molecule has 35 heavy (non-hydrogen) atoms. The van der Waals surface area contributed by atoms with E-state index in [1.54, 1.807) is 6.92 Å². The lowest BCUT2D eigenvalue weighted by Crippen LogP contribution is -2.52. The van der Waals surface area contributed by atoms with E-state index in [9.17, 15) is 14.7 Å². The Morgan fingerprint density at radius 3 is 2.00 bits per heavy atom. The minimum Gasteiger partial charge on any atom is -0.465 e. The highest BCUT2D eigenvalue weighted by atomic mass is 28.4. The lowest BCUT2D eigenvalue weighted by molar-refractivity contribution is -0.144. The number of esters is 1. The molecule has 198 valence electrons. The molecule has 0 unspecified atom stereocenters. The number of fused-ring (bicyclic) bond motifs is 1. The second kappa shape index (κ2) is 10.6. The first-order chi connectivity index (χ1) is 16.4. The molecule has 0 aromatic carbocycles. The first kappa shape index (κ1) is 28.3. The molecular weight excluding hydrogens is 456 g/mol. The quantitative estimate of drug-likeness (QED) is 0.224. The van der Waals surface area contributed by atoms with Gasteiger partial charge >= 0.3 is 5.97 Å².